The van der Waals surface area contributed by atoms with Crippen LogP contribution in [-0.4, -0.2) is 57.8 Å². The number of carbonyl (C=O) groups excluding carboxylic acids is 2. The first kappa shape index (κ1) is 25.9. The van der Waals surface area contributed by atoms with E-state index in [0.29, 0.717) is 30.1 Å². The molecule has 8 N–H and O–H groups in total. The van der Waals surface area contributed by atoms with Crippen LogP contribution >= 0.6 is 12.6 Å². The van der Waals surface area contributed by atoms with E-state index in [4.69, 9.17) is 5.73 Å². The smallest absolute Gasteiger partial charge is 0.239 e. The third kappa shape index (κ3) is 7.66. The van der Waals surface area contributed by atoms with Crippen LogP contribution in [0.15, 0.2) is 67.5 Å². The van der Waals surface area contributed by atoms with Crippen molar-refractivity contribution < 1.29 is 9.59 Å². The van der Waals surface area contributed by atoms with Gasteiger partial charge in [0.2, 0.25) is 11.8 Å². The molecular formula is C24H32N8O2S. The van der Waals surface area contributed by atoms with Crippen LogP contribution in [0.25, 0.3) is 10.9 Å². The monoisotopic (exact) mass is 496 g/mol. The molecule has 1 aromatic carbocycles. The summed E-state index contributed by atoms with van der Waals surface area (Å²) in [4.78, 5) is 35.3. The molecule has 2 atom stereocenters. The Morgan fingerprint density at radius 3 is 2.63 bits per heavy atom. The molecule has 0 bridgehead atoms. The molecule has 0 unspecified atom stereocenters. The zero-order chi connectivity index (χ0) is 25.2. The number of aromatic amines is 2. The number of fused-ring (bicyclic) bond motifs is 1. The first-order valence-corrected chi connectivity index (χ1v) is 11.8. The topological polar surface area (TPSA) is 153 Å². The number of rotatable bonds is 14. The number of para-hydroxylation sites is 1. The number of imidazole rings is 1. The molecule has 3 rings (SSSR count). The quantitative estimate of drug-likeness (QED) is 0.121. The second kappa shape index (κ2) is 12.7. The SMILES string of the molecule is C=C(CNC(=O)CNC(=C)[C@@H](Cc1c[nH]c2ccccc12)NC(=O)[C@@H](N)Cc1cnc[nH]1)NCS. The molecule has 186 valence electrons. The summed E-state index contributed by atoms with van der Waals surface area (Å²) in [6.45, 7) is 8.17. The molecule has 2 aromatic heterocycles. The van der Waals surface area contributed by atoms with Gasteiger partial charge < -0.3 is 37.0 Å². The van der Waals surface area contributed by atoms with Gasteiger partial charge in [-0.15, -0.1) is 0 Å². The number of nitrogens with one attached hydrogen (secondary N) is 6. The highest BCUT2D eigenvalue weighted by Crippen LogP contribution is 2.20. The van der Waals surface area contributed by atoms with Crippen LogP contribution in [0.2, 0.25) is 0 Å². The number of carbonyl (C=O) groups is 2. The average Bonchev–Trinajstić information content (AvgIpc) is 3.51. The molecule has 3 aromatic rings. The van der Waals surface area contributed by atoms with Gasteiger partial charge in [-0.25, -0.2) is 4.98 Å². The van der Waals surface area contributed by atoms with Crippen molar-refractivity contribution in [2.45, 2.75) is 24.9 Å². The number of hydrogen-bond donors (Lipinski definition) is 8. The van der Waals surface area contributed by atoms with Crippen LogP contribution in [-0.2, 0) is 22.4 Å². The summed E-state index contributed by atoms with van der Waals surface area (Å²) in [6, 6.07) is 6.64. The Kier molecular flexibility index (Phi) is 9.39. The maximum absolute atomic E-state index is 12.9. The van der Waals surface area contributed by atoms with E-state index in [1.165, 1.54) is 0 Å². The lowest BCUT2D eigenvalue weighted by atomic mass is 10.0. The molecule has 2 heterocycles. The van der Waals surface area contributed by atoms with Gasteiger partial charge in [-0.1, -0.05) is 31.4 Å². The molecule has 35 heavy (non-hydrogen) atoms. The van der Waals surface area contributed by atoms with Gasteiger partial charge in [-0.05, 0) is 11.6 Å². The first-order valence-electron chi connectivity index (χ1n) is 11.2. The molecule has 0 aliphatic heterocycles. The van der Waals surface area contributed by atoms with Crippen molar-refractivity contribution in [3.63, 3.8) is 0 Å². The molecular weight excluding hydrogens is 464 g/mol. The van der Waals surface area contributed by atoms with E-state index < -0.39 is 12.1 Å². The Hall–Kier alpha value is -3.70. The summed E-state index contributed by atoms with van der Waals surface area (Å²) in [5, 5.41) is 12.7. The normalized spacial score (nSPS) is 12.5. The van der Waals surface area contributed by atoms with Gasteiger partial charge in [0, 0.05) is 53.2 Å². The Balaban J connectivity index is 1.65. The van der Waals surface area contributed by atoms with Gasteiger partial charge in [0.05, 0.1) is 37.4 Å². The van der Waals surface area contributed by atoms with E-state index in [0.717, 1.165) is 22.2 Å². The molecule has 10 nitrogen and oxygen atoms in total. The van der Waals surface area contributed by atoms with Gasteiger partial charge in [0.15, 0.2) is 0 Å². The zero-order valence-electron chi connectivity index (χ0n) is 19.4. The standard InChI is InChI=1S/C24H32N8O2S/c1-15(31-14-35)9-29-23(33)12-27-16(2)22(7-17-10-28-21-6-4-3-5-19(17)21)32-24(34)20(25)8-18-11-26-13-30-18/h3-6,10-11,13,20,22,27-28,31,35H,1-2,7-9,12,14,25H2,(H,26,30)(H,29,33)(H,32,34)/t20-,22+/m0/s1. The van der Waals surface area contributed by atoms with Gasteiger partial charge in [-0.2, -0.15) is 12.6 Å². The minimum absolute atomic E-state index is 0.00651. The molecule has 0 saturated heterocycles. The van der Waals surface area contributed by atoms with Crippen LogP contribution in [0.3, 0.4) is 0 Å². The molecule has 0 saturated carbocycles. The van der Waals surface area contributed by atoms with Crippen molar-refractivity contribution >= 4 is 35.3 Å². The average molecular weight is 497 g/mol. The van der Waals surface area contributed by atoms with E-state index in [1.54, 1.807) is 12.5 Å². The predicted octanol–water partition coefficient (Wildman–Crippen LogP) is 0.698. The summed E-state index contributed by atoms with van der Waals surface area (Å²) in [5.74, 6) is -0.131. The van der Waals surface area contributed by atoms with Crippen LogP contribution < -0.4 is 27.0 Å². The number of nitrogens with two attached hydrogens (primary N) is 1. The highest BCUT2D eigenvalue weighted by molar-refractivity contribution is 7.80. The van der Waals surface area contributed by atoms with E-state index in [2.05, 4.69) is 62.0 Å². The Bertz CT molecular complexity index is 1160. The molecule has 0 aliphatic rings. The fourth-order valence-corrected chi connectivity index (χ4v) is 3.77. The maximum atomic E-state index is 12.9. The lowest BCUT2D eigenvalue weighted by Crippen LogP contribution is -2.50. The zero-order valence-corrected chi connectivity index (χ0v) is 20.3. The number of aromatic nitrogens is 3. The summed E-state index contributed by atoms with van der Waals surface area (Å²) in [7, 11) is 0. The van der Waals surface area contributed by atoms with Crippen molar-refractivity contribution in [2.75, 3.05) is 19.0 Å². The van der Waals surface area contributed by atoms with E-state index >= 15 is 0 Å². The molecule has 11 heteroatoms. The van der Waals surface area contributed by atoms with Gasteiger partial charge in [-0.3, -0.25) is 9.59 Å². The van der Waals surface area contributed by atoms with E-state index in [9.17, 15) is 9.59 Å². The summed E-state index contributed by atoms with van der Waals surface area (Å²) < 4.78 is 0. The van der Waals surface area contributed by atoms with Crippen molar-refractivity contribution in [3.8, 4) is 0 Å². The number of amides is 2. The number of benzene rings is 1. The minimum Gasteiger partial charge on any atom is -0.379 e. The molecule has 2 amide bonds. The Morgan fingerprint density at radius 1 is 1.09 bits per heavy atom. The number of hydrogen-bond acceptors (Lipinski definition) is 7. The molecule has 0 fully saturated rings. The van der Waals surface area contributed by atoms with E-state index in [-0.39, 0.29) is 24.9 Å². The number of thiol groups is 1. The third-order valence-corrected chi connectivity index (χ3v) is 5.63. The largest absolute Gasteiger partial charge is 0.379 e. The fourth-order valence-electron chi connectivity index (χ4n) is 3.55. The molecule has 0 aliphatic carbocycles. The Morgan fingerprint density at radius 2 is 1.89 bits per heavy atom. The van der Waals surface area contributed by atoms with Gasteiger partial charge in [0.1, 0.15) is 0 Å². The van der Waals surface area contributed by atoms with Crippen LogP contribution in [0.5, 0.6) is 0 Å². The highest BCUT2D eigenvalue weighted by Gasteiger charge is 2.22. The second-order valence-electron chi connectivity index (χ2n) is 8.11. The predicted molar refractivity (Wildman–Crippen MR) is 140 cm³/mol. The van der Waals surface area contributed by atoms with Crippen molar-refractivity contribution in [1.29, 1.82) is 0 Å². The summed E-state index contributed by atoms with van der Waals surface area (Å²) in [6.07, 6.45) is 5.87. The van der Waals surface area contributed by atoms with Crippen molar-refractivity contribution in [1.82, 2.24) is 36.2 Å². The van der Waals surface area contributed by atoms with Crippen LogP contribution in [0.1, 0.15) is 11.3 Å². The van der Waals surface area contributed by atoms with Crippen LogP contribution in [0.4, 0.5) is 0 Å². The first-order chi connectivity index (χ1) is 16.9. The molecule has 0 radical (unpaired) electrons. The second-order valence-corrected chi connectivity index (χ2v) is 8.42. The van der Waals surface area contributed by atoms with E-state index in [1.807, 2.05) is 30.5 Å². The lowest BCUT2D eigenvalue weighted by Gasteiger charge is -2.24. The maximum Gasteiger partial charge on any atom is 0.239 e. The summed E-state index contributed by atoms with van der Waals surface area (Å²) >= 11 is 4.06. The fraction of sp³-hybridized carbons (Fsp3) is 0.292. The van der Waals surface area contributed by atoms with Gasteiger partial charge in [0.25, 0.3) is 0 Å². The third-order valence-electron chi connectivity index (χ3n) is 5.47. The minimum atomic E-state index is -0.776. The Labute approximate surface area is 209 Å². The van der Waals surface area contributed by atoms with Crippen molar-refractivity contribution in [3.05, 3.63) is 78.8 Å². The van der Waals surface area contributed by atoms with Crippen LogP contribution in [0, 0.1) is 0 Å². The molecule has 0 spiro atoms. The summed E-state index contributed by atoms with van der Waals surface area (Å²) in [5.41, 5.74) is 10.1. The lowest BCUT2D eigenvalue weighted by molar-refractivity contribution is -0.122. The number of H-pyrrole nitrogens is 2. The number of nitrogens with zero attached hydrogens (tertiary/aromatic N) is 1. The van der Waals surface area contributed by atoms with Gasteiger partial charge >= 0.3 is 0 Å². The highest BCUT2D eigenvalue weighted by atomic mass is 32.1. The van der Waals surface area contributed by atoms with Crippen molar-refractivity contribution in [2.24, 2.45) is 5.73 Å².